The van der Waals surface area contributed by atoms with Gasteiger partial charge in [-0.2, -0.15) is 0 Å². The Morgan fingerprint density at radius 1 is 0.686 bits per heavy atom. The number of hydrogen-bond donors (Lipinski definition) is 4. The second-order valence-electron chi connectivity index (χ2n) is 9.56. The van der Waals surface area contributed by atoms with Crippen molar-refractivity contribution in [3.63, 3.8) is 0 Å². The SMILES string of the molecule is NCCCNCCCCCCCCCC(=O)[C@@H](N)CCCCNc1ccc(-c2ccccc2)cc1. The third kappa shape index (κ3) is 13.5. The van der Waals surface area contributed by atoms with Crippen molar-refractivity contribution in [1.82, 2.24) is 5.32 Å². The summed E-state index contributed by atoms with van der Waals surface area (Å²) in [6, 6.07) is 18.7. The Kier molecular flexibility index (Phi) is 15.8. The molecular weight excluding hydrogens is 432 g/mol. The minimum Gasteiger partial charge on any atom is -0.385 e. The van der Waals surface area contributed by atoms with Gasteiger partial charge in [-0.3, -0.25) is 4.79 Å². The van der Waals surface area contributed by atoms with Crippen LogP contribution in [0.4, 0.5) is 5.69 Å². The number of Topliss-reactive ketones (excluding diaryl/α,β-unsaturated/α-hetero) is 1. The van der Waals surface area contributed by atoms with E-state index in [1.54, 1.807) is 0 Å². The molecule has 2 aromatic rings. The molecule has 0 aromatic heterocycles. The molecule has 0 amide bonds. The van der Waals surface area contributed by atoms with Crippen molar-refractivity contribution in [3.05, 3.63) is 54.6 Å². The van der Waals surface area contributed by atoms with E-state index >= 15 is 0 Å². The summed E-state index contributed by atoms with van der Waals surface area (Å²) < 4.78 is 0. The first kappa shape index (κ1) is 29.0. The lowest BCUT2D eigenvalue weighted by Gasteiger charge is -2.11. The van der Waals surface area contributed by atoms with E-state index in [1.165, 1.54) is 43.2 Å². The number of carbonyl (C=O) groups excluding carboxylic acids is 1. The van der Waals surface area contributed by atoms with Gasteiger partial charge in [-0.1, -0.05) is 74.6 Å². The van der Waals surface area contributed by atoms with E-state index in [-0.39, 0.29) is 11.8 Å². The molecule has 5 nitrogen and oxygen atoms in total. The summed E-state index contributed by atoms with van der Waals surface area (Å²) in [5, 5.41) is 6.89. The maximum absolute atomic E-state index is 12.3. The summed E-state index contributed by atoms with van der Waals surface area (Å²) in [4.78, 5) is 12.3. The molecule has 6 N–H and O–H groups in total. The minimum atomic E-state index is -0.299. The number of hydrogen-bond acceptors (Lipinski definition) is 5. The van der Waals surface area contributed by atoms with Crippen LogP contribution in [0.15, 0.2) is 54.6 Å². The third-order valence-electron chi connectivity index (χ3n) is 6.51. The molecule has 35 heavy (non-hydrogen) atoms. The minimum absolute atomic E-state index is 0.234. The zero-order chi connectivity index (χ0) is 25.0. The van der Waals surface area contributed by atoms with Gasteiger partial charge in [-0.05, 0) is 81.4 Å². The quantitative estimate of drug-likeness (QED) is 0.167. The van der Waals surface area contributed by atoms with E-state index in [9.17, 15) is 4.79 Å². The highest BCUT2D eigenvalue weighted by molar-refractivity contribution is 5.83. The lowest BCUT2D eigenvalue weighted by atomic mass is 10.0. The molecule has 194 valence electrons. The summed E-state index contributed by atoms with van der Waals surface area (Å²) in [6.45, 7) is 3.80. The van der Waals surface area contributed by atoms with Crippen molar-refractivity contribution in [2.75, 3.05) is 31.5 Å². The van der Waals surface area contributed by atoms with Gasteiger partial charge in [0.25, 0.3) is 0 Å². The molecule has 0 aliphatic carbocycles. The van der Waals surface area contributed by atoms with Crippen LogP contribution < -0.4 is 22.1 Å². The standard InChI is InChI=1S/C30H48N4O/c31-22-13-24-33-23-11-5-3-1-2-4-9-17-30(35)29(32)16-10-12-25-34-28-20-18-27(19-21-28)26-14-7-6-8-15-26/h6-8,14-15,18-21,29,33-34H,1-5,9-13,16-17,22-25,31-32H2/t29-/m0/s1. The maximum Gasteiger partial charge on any atom is 0.149 e. The highest BCUT2D eigenvalue weighted by atomic mass is 16.1. The average Bonchev–Trinajstić information content (AvgIpc) is 2.89. The van der Waals surface area contributed by atoms with Crippen LogP contribution in [0.3, 0.4) is 0 Å². The van der Waals surface area contributed by atoms with Crippen LogP contribution in [-0.4, -0.2) is 38.0 Å². The molecular formula is C30H48N4O. The Balaban J connectivity index is 1.42. The highest BCUT2D eigenvalue weighted by Gasteiger charge is 2.12. The van der Waals surface area contributed by atoms with Gasteiger partial charge in [0.05, 0.1) is 6.04 Å². The predicted molar refractivity (Wildman–Crippen MR) is 151 cm³/mol. The summed E-state index contributed by atoms with van der Waals surface area (Å²) in [5.74, 6) is 0.234. The van der Waals surface area contributed by atoms with Crippen molar-refractivity contribution in [3.8, 4) is 11.1 Å². The van der Waals surface area contributed by atoms with E-state index < -0.39 is 0 Å². The predicted octanol–water partition coefficient (Wildman–Crippen LogP) is 5.89. The smallest absolute Gasteiger partial charge is 0.149 e. The molecule has 0 spiro atoms. The van der Waals surface area contributed by atoms with Crippen LogP contribution in [0.1, 0.15) is 77.0 Å². The van der Waals surface area contributed by atoms with E-state index in [4.69, 9.17) is 11.5 Å². The van der Waals surface area contributed by atoms with Crippen LogP contribution in [0.2, 0.25) is 0 Å². The van der Waals surface area contributed by atoms with Gasteiger partial charge in [0.2, 0.25) is 0 Å². The number of rotatable bonds is 21. The van der Waals surface area contributed by atoms with Gasteiger partial charge < -0.3 is 22.1 Å². The number of unbranched alkanes of at least 4 members (excludes halogenated alkanes) is 7. The van der Waals surface area contributed by atoms with Gasteiger partial charge in [-0.15, -0.1) is 0 Å². The average molecular weight is 481 g/mol. The molecule has 0 heterocycles. The van der Waals surface area contributed by atoms with Crippen molar-refractivity contribution >= 4 is 11.5 Å². The number of anilines is 1. The lowest BCUT2D eigenvalue weighted by Crippen LogP contribution is -2.30. The van der Waals surface area contributed by atoms with E-state index in [2.05, 4.69) is 59.2 Å². The first-order valence-corrected chi connectivity index (χ1v) is 13.8. The fraction of sp³-hybridized carbons (Fsp3) is 0.567. The Labute approximate surface area is 213 Å². The first-order valence-electron chi connectivity index (χ1n) is 13.8. The van der Waals surface area contributed by atoms with Crippen molar-refractivity contribution in [2.45, 2.75) is 83.1 Å². The monoisotopic (exact) mass is 480 g/mol. The largest absolute Gasteiger partial charge is 0.385 e. The summed E-state index contributed by atoms with van der Waals surface area (Å²) in [5.41, 5.74) is 15.2. The molecule has 5 heteroatoms. The highest BCUT2D eigenvalue weighted by Crippen LogP contribution is 2.21. The summed E-state index contributed by atoms with van der Waals surface area (Å²) >= 11 is 0. The summed E-state index contributed by atoms with van der Waals surface area (Å²) in [7, 11) is 0. The van der Waals surface area contributed by atoms with E-state index in [1.807, 2.05) is 6.07 Å². The van der Waals surface area contributed by atoms with Crippen molar-refractivity contribution < 1.29 is 4.79 Å². The lowest BCUT2D eigenvalue weighted by molar-refractivity contribution is -0.120. The number of nitrogens with two attached hydrogens (primary N) is 2. The van der Waals surface area contributed by atoms with Crippen molar-refractivity contribution in [2.24, 2.45) is 11.5 Å². The zero-order valence-electron chi connectivity index (χ0n) is 21.7. The van der Waals surface area contributed by atoms with Crippen LogP contribution >= 0.6 is 0 Å². The molecule has 2 rings (SSSR count). The van der Waals surface area contributed by atoms with E-state index in [0.29, 0.717) is 6.42 Å². The fourth-order valence-corrected chi connectivity index (χ4v) is 4.26. The van der Waals surface area contributed by atoms with Crippen LogP contribution in [-0.2, 0) is 4.79 Å². The summed E-state index contributed by atoms with van der Waals surface area (Å²) in [6.07, 6.45) is 12.9. The third-order valence-corrected chi connectivity index (χ3v) is 6.51. The normalized spacial score (nSPS) is 11.9. The second kappa shape index (κ2) is 19.0. The molecule has 0 fully saturated rings. The Morgan fingerprint density at radius 3 is 2.00 bits per heavy atom. The Morgan fingerprint density at radius 2 is 1.29 bits per heavy atom. The molecule has 0 aliphatic rings. The second-order valence-corrected chi connectivity index (χ2v) is 9.56. The topological polar surface area (TPSA) is 93.2 Å². The molecule has 2 aromatic carbocycles. The molecule has 0 saturated heterocycles. The Bertz CT molecular complexity index is 779. The van der Waals surface area contributed by atoms with Crippen LogP contribution in [0.25, 0.3) is 11.1 Å². The molecule has 1 atom stereocenters. The van der Waals surface area contributed by atoms with Gasteiger partial charge in [-0.25, -0.2) is 0 Å². The molecule has 0 radical (unpaired) electrons. The van der Waals surface area contributed by atoms with Gasteiger partial charge >= 0.3 is 0 Å². The van der Waals surface area contributed by atoms with Gasteiger partial charge in [0.1, 0.15) is 5.78 Å². The first-order chi connectivity index (χ1) is 17.2. The molecule has 0 saturated carbocycles. The molecule has 0 bridgehead atoms. The Hall–Kier alpha value is -2.21. The number of carbonyl (C=O) groups is 1. The number of ketones is 1. The maximum atomic E-state index is 12.3. The molecule has 0 aliphatic heterocycles. The van der Waals surface area contributed by atoms with Crippen molar-refractivity contribution in [1.29, 1.82) is 0 Å². The zero-order valence-corrected chi connectivity index (χ0v) is 21.7. The van der Waals surface area contributed by atoms with Crippen LogP contribution in [0, 0.1) is 0 Å². The fourth-order valence-electron chi connectivity index (χ4n) is 4.26. The van der Waals surface area contributed by atoms with Crippen LogP contribution in [0.5, 0.6) is 0 Å². The van der Waals surface area contributed by atoms with Gasteiger partial charge in [0.15, 0.2) is 0 Å². The number of nitrogens with one attached hydrogen (secondary N) is 2. The van der Waals surface area contributed by atoms with Gasteiger partial charge in [0, 0.05) is 18.7 Å². The number of benzene rings is 2. The van der Waals surface area contributed by atoms with E-state index in [0.717, 1.165) is 70.4 Å². The molecule has 0 unspecified atom stereocenters.